The molecule has 0 spiro atoms. The van der Waals surface area contributed by atoms with E-state index in [2.05, 4.69) is 13.8 Å². The fraction of sp³-hybridized carbons (Fsp3) is 0.636. The number of ether oxygens (including phenoxy) is 1. The molecule has 1 saturated carbocycles. The zero-order valence-corrected chi connectivity index (χ0v) is 22.9. The number of fused-ring (bicyclic) bond motifs is 3. The zero-order valence-electron chi connectivity index (χ0n) is 22.9. The average molecular weight is 515 g/mol. The van der Waals surface area contributed by atoms with Crippen molar-refractivity contribution in [3.05, 3.63) is 52.8 Å². The van der Waals surface area contributed by atoms with Gasteiger partial charge in [0.25, 0.3) is 0 Å². The van der Waals surface area contributed by atoms with Crippen LogP contribution in [0.4, 0.5) is 13.2 Å². The van der Waals surface area contributed by atoms with Gasteiger partial charge in [0.2, 0.25) is 0 Å². The van der Waals surface area contributed by atoms with E-state index >= 15 is 13.2 Å². The molecule has 0 saturated heterocycles. The van der Waals surface area contributed by atoms with E-state index in [1.54, 1.807) is 24.3 Å². The van der Waals surface area contributed by atoms with E-state index in [0.717, 1.165) is 43.6 Å². The lowest BCUT2D eigenvalue weighted by Gasteiger charge is -2.32. The van der Waals surface area contributed by atoms with Crippen LogP contribution in [0, 0.1) is 11.7 Å². The summed E-state index contributed by atoms with van der Waals surface area (Å²) in [6.07, 6.45) is 15.0. The molecule has 0 unspecified atom stereocenters. The summed E-state index contributed by atoms with van der Waals surface area (Å²) in [5.74, 6) is 0.147. The third-order valence-corrected chi connectivity index (χ3v) is 8.64. The van der Waals surface area contributed by atoms with Gasteiger partial charge in [-0.2, -0.15) is 8.78 Å². The maximum atomic E-state index is 15.2. The molecule has 0 amide bonds. The van der Waals surface area contributed by atoms with Gasteiger partial charge in [-0.05, 0) is 73.1 Å². The van der Waals surface area contributed by atoms with Crippen LogP contribution < -0.4 is 4.74 Å². The second kappa shape index (κ2) is 13.2. The first kappa shape index (κ1) is 28.0. The molecule has 204 valence electrons. The molecule has 2 aliphatic rings. The maximum Gasteiger partial charge on any atom is 0.427 e. The van der Waals surface area contributed by atoms with Gasteiger partial charge in [0, 0.05) is 5.56 Å². The Morgan fingerprint density at radius 2 is 1.43 bits per heavy atom. The van der Waals surface area contributed by atoms with Crippen molar-refractivity contribution in [2.45, 2.75) is 129 Å². The molecular weight excluding hydrogens is 469 g/mol. The Balaban J connectivity index is 1.38. The highest BCUT2D eigenvalue weighted by atomic mass is 19.3. The number of halogens is 3. The van der Waals surface area contributed by atoms with Gasteiger partial charge in [-0.3, -0.25) is 0 Å². The molecule has 1 aliphatic carbocycles. The van der Waals surface area contributed by atoms with E-state index < -0.39 is 11.9 Å². The van der Waals surface area contributed by atoms with Crippen LogP contribution in [0.2, 0.25) is 0 Å². The van der Waals surface area contributed by atoms with Crippen molar-refractivity contribution in [1.29, 1.82) is 0 Å². The fourth-order valence-electron chi connectivity index (χ4n) is 6.32. The van der Waals surface area contributed by atoms with Crippen LogP contribution in [0.15, 0.2) is 30.3 Å². The number of rotatable bonds is 13. The molecule has 37 heavy (non-hydrogen) atoms. The highest BCUT2D eigenvalue weighted by Crippen LogP contribution is 2.50. The van der Waals surface area contributed by atoms with E-state index in [9.17, 15) is 0 Å². The van der Waals surface area contributed by atoms with E-state index in [1.165, 1.54) is 64.2 Å². The second-order valence-electron chi connectivity index (χ2n) is 11.4. The first-order valence-electron chi connectivity index (χ1n) is 15.0. The SMILES string of the molecule is CCCCCCCCCC1CCC(c2ccc3c(c2)C(F)(F)Oc2c-3ccc(CCCCC)c2F)CC1. The Bertz CT molecular complexity index is 1010. The monoisotopic (exact) mass is 514 g/mol. The molecule has 2 aromatic carbocycles. The van der Waals surface area contributed by atoms with Crippen molar-refractivity contribution in [2.24, 2.45) is 5.92 Å². The summed E-state index contributed by atoms with van der Waals surface area (Å²) in [5, 5.41) is 0. The zero-order chi connectivity index (χ0) is 26.3. The van der Waals surface area contributed by atoms with Gasteiger partial charge in [-0.25, -0.2) is 4.39 Å². The molecule has 4 heteroatoms. The van der Waals surface area contributed by atoms with E-state index in [1.807, 2.05) is 6.07 Å². The van der Waals surface area contributed by atoms with Crippen molar-refractivity contribution in [3.63, 3.8) is 0 Å². The van der Waals surface area contributed by atoms with Gasteiger partial charge < -0.3 is 4.74 Å². The molecule has 1 fully saturated rings. The topological polar surface area (TPSA) is 9.23 Å². The third kappa shape index (κ3) is 6.92. The number of benzene rings is 2. The summed E-state index contributed by atoms with van der Waals surface area (Å²) in [6.45, 7) is 4.34. The van der Waals surface area contributed by atoms with Gasteiger partial charge in [0.15, 0.2) is 11.6 Å². The Kier molecular flexibility index (Phi) is 10.0. The van der Waals surface area contributed by atoms with Gasteiger partial charge in [0.1, 0.15) is 0 Å². The molecule has 0 bridgehead atoms. The van der Waals surface area contributed by atoms with Crippen molar-refractivity contribution < 1.29 is 17.9 Å². The summed E-state index contributed by atoms with van der Waals surface area (Å²) in [6, 6.07) is 8.87. The number of alkyl halides is 2. The normalized spacial score (nSPS) is 20.2. The Labute approximate surface area is 222 Å². The van der Waals surface area contributed by atoms with Crippen LogP contribution in [-0.2, 0) is 12.5 Å². The lowest BCUT2D eigenvalue weighted by atomic mass is 9.76. The predicted molar refractivity (Wildman–Crippen MR) is 147 cm³/mol. The van der Waals surface area contributed by atoms with Crippen LogP contribution in [0.3, 0.4) is 0 Å². The Morgan fingerprint density at radius 1 is 0.784 bits per heavy atom. The van der Waals surface area contributed by atoms with Crippen molar-refractivity contribution in [3.8, 4) is 16.9 Å². The molecular formula is C33H45F3O. The summed E-state index contributed by atoms with van der Waals surface area (Å²) < 4.78 is 50.6. The van der Waals surface area contributed by atoms with Gasteiger partial charge in [-0.15, -0.1) is 0 Å². The quantitative estimate of drug-likeness (QED) is 0.242. The first-order chi connectivity index (χ1) is 17.9. The Hall–Kier alpha value is -1.97. The van der Waals surface area contributed by atoms with Crippen molar-refractivity contribution in [2.75, 3.05) is 0 Å². The van der Waals surface area contributed by atoms with Crippen LogP contribution in [0.5, 0.6) is 5.75 Å². The number of hydrogen-bond acceptors (Lipinski definition) is 1. The summed E-state index contributed by atoms with van der Waals surface area (Å²) in [7, 11) is 0. The number of aryl methyl sites for hydroxylation is 1. The van der Waals surface area contributed by atoms with Crippen LogP contribution in [0.1, 0.15) is 133 Å². The summed E-state index contributed by atoms with van der Waals surface area (Å²) in [4.78, 5) is 0. The van der Waals surface area contributed by atoms with Gasteiger partial charge >= 0.3 is 6.11 Å². The molecule has 0 N–H and O–H groups in total. The predicted octanol–water partition coefficient (Wildman–Crippen LogP) is 11.1. The highest BCUT2D eigenvalue weighted by molar-refractivity contribution is 5.77. The van der Waals surface area contributed by atoms with E-state index in [-0.39, 0.29) is 11.3 Å². The van der Waals surface area contributed by atoms with Gasteiger partial charge in [0.05, 0.1) is 5.56 Å². The minimum Gasteiger partial charge on any atom is -0.425 e. The largest absolute Gasteiger partial charge is 0.427 e. The lowest BCUT2D eigenvalue weighted by Crippen LogP contribution is -2.28. The molecule has 0 radical (unpaired) electrons. The molecule has 0 atom stereocenters. The van der Waals surface area contributed by atoms with Crippen molar-refractivity contribution in [1.82, 2.24) is 0 Å². The minimum atomic E-state index is -3.53. The molecule has 0 aromatic heterocycles. The van der Waals surface area contributed by atoms with Crippen LogP contribution in [0.25, 0.3) is 11.1 Å². The fourth-order valence-corrected chi connectivity index (χ4v) is 6.32. The third-order valence-electron chi connectivity index (χ3n) is 8.64. The van der Waals surface area contributed by atoms with Crippen LogP contribution >= 0.6 is 0 Å². The van der Waals surface area contributed by atoms with E-state index in [4.69, 9.17) is 4.74 Å². The smallest absolute Gasteiger partial charge is 0.425 e. The molecule has 1 aliphatic heterocycles. The minimum absolute atomic E-state index is 0.124. The molecule has 1 nitrogen and oxygen atoms in total. The second-order valence-corrected chi connectivity index (χ2v) is 11.4. The highest BCUT2D eigenvalue weighted by Gasteiger charge is 2.44. The van der Waals surface area contributed by atoms with Crippen molar-refractivity contribution >= 4 is 0 Å². The summed E-state index contributed by atoms with van der Waals surface area (Å²) >= 11 is 0. The van der Waals surface area contributed by atoms with Gasteiger partial charge in [-0.1, -0.05) is 102 Å². The number of unbranched alkanes of at least 4 members (excludes halogenated alkanes) is 8. The van der Waals surface area contributed by atoms with Crippen LogP contribution in [-0.4, -0.2) is 0 Å². The summed E-state index contributed by atoms with van der Waals surface area (Å²) in [5.41, 5.74) is 2.12. The number of hydrogen-bond donors (Lipinski definition) is 0. The molecule has 1 heterocycles. The molecule has 2 aromatic rings. The first-order valence-corrected chi connectivity index (χ1v) is 15.0. The molecule has 4 rings (SSSR count). The standard InChI is InChI=1S/C33H45F3O/c1-3-5-7-8-9-10-12-13-24-15-17-25(18-16-24)27-20-21-28-29-22-19-26(14-11-6-4-2)31(34)32(29)37-33(35,36)30(28)23-27/h19-25H,3-18H2,1-2H3. The average Bonchev–Trinajstić information content (AvgIpc) is 2.90. The maximum absolute atomic E-state index is 15.2. The van der Waals surface area contributed by atoms with E-state index in [0.29, 0.717) is 29.0 Å². The Morgan fingerprint density at radius 3 is 2.16 bits per heavy atom. The lowest BCUT2D eigenvalue weighted by molar-refractivity contribution is -0.188.